The smallest absolute Gasteiger partial charge is 0.346 e. The predicted octanol–water partition coefficient (Wildman–Crippen LogP) is 1.12. The van der Waals surface area contributed by atoms with Gasteiger partial charge in [0.05, 0.1) is 19.6 Å². The molecule has 1 aliphatic heterocycles. The van der Waals surface area contributed by atoms with Gasteiger partial charge in [-0.05, 0) is 25.1 Å². The Kier molecular flexibility index (Phi) is 4.93. The van der Waals surface area contributed by atoms with Gasteiger partial charge in [0.1, 0.15) is 17.7 Å². The molecule has 0 aliphatic carbocycles. The fourth-order valence-electron chi connectivity index (χ4n) is 2.74. The summed E-state index contributed by atoms with van der Waals surface area (Å²) >= 11 is 0. The largest absolute Gasteiger partial charge is 0.368 e. The van der Waals surface area contributed by atoms with E-state index in [1.165, 1.54) is 9.25 Å². The number of nitrogens with zero attached hydrogens (tertiary/aromatic N) is 3. The third-order valence-corrected chi connectivity index (χ3v) is 4.03. The van der Waals surface area contributed by atoms with Crippen molar-refractivity contribution in [2.75, 3.05) is 6.61 Å². The minimum Gasteiger partial charge on any atom is -0.368 e. The zero-order valence-corrected chi connectivity index (χ0v) is 13.7. The second-order valence-electron chi connectivity index (χ2n) is 5.68. The van der Waals surface area contributed by atoms with E-state index in [0.717, 1.165) is 18.2 Å². The first kappa shape index (κ1) is 17.3. The first-order valence-electron chi connectivity index (χ1n) is 7.99. The maximum Gasteiger partial charge on any atom is 0.346 e. The van der Waals surface area contributed by atoms with Crippen molar-refractivity contribution in [3.63, 3.8) is 0 Å². The molecule has 0 bridgehead atoms. The van der Waals surface area contributed by atoms with Crippen LogP contribution in [-0.2, 0) is 29.2 Å². The monoisotopic (exact) mass is 352 g/mol. The standard InChI is InChI=1S/C16H18F2N4O3/c1-2-22-16(24)21-5-6-25-13(15(21)20-22)8-14(23)19-9-10-7-11(17)3-4-12(10)18/h3-4,7,13H,2,5-6,8-9H2,1H3,(H,19,23). The fraction of sp³-hybridized carbons (Fsp3) is 0.438. The van der Waals surface area contributed by atoms with Crippen molar-refractivity contribution in [2.24, 2.45) is 0 Å². The molecule has 1 aliphatic rings. The lowest BCUT2D eigenvalue weighted by molar-refractivity contribution is -0.125. The average molecular weight is 352 g/mol. The summed E-state index contributed by atoms with van der Waals surface area (Å²) in [6.45, 7) is 2.79. The van der Waals surface area contributed by atoms with Crippen LogP contribution >= 0.6 is 0 Å². The molecule has 25 heavy (non-hydrogen) atoms. The number of aryl methyl sites for hydroxylation is 1. The van der Waals surface area contributed by atoms with E-state index in [4.69, 9.17) is 4.74 Å². The predicted molar refractivity (Wildman–Crippen MR) is 83.7 cm³/mol. The van der Waals surface area contributed by atoms with E-state index < -0.39 is 23.6 Å². The second kappa shape index (κ2) is 7.14. The van der Waals surface area contributed by atoms with Gasteiger partial charge in [-0.2, -0.15) is 5.10 Å². The Morgan fingerprint density at radius 1 is 1.44 bits per heavy atom. The Balaban J connectivity index is 1.66. The number of hydrogen-bond acceptors (Lipinski definition) is 4. The summed E-state index contributed by atoms with van der Waals surface area (Å²) < 4.78 is 35.1. The van der Waals surface area contributed by atoms with Crippen LogP contribution in [0.4, 0.5) is 8.78 Å². The Hall–Kier alpha value is -2.55. The molecular weight excluding hydrogens is 334 g/mol. The molecule has 2 heterocycles. The normalized spacial score (nSPS) is 16.5. The van der Waals surface area contributed by atoms with Gasteiger partial charge in [0.2, 0.25) is 5.91 Å². The summed E-state index contributed by atoms with van der Waals surface area (Å²) in [6.07, 6.45) is -0.705. The van der Waals surface area contributed by atoms with E-state index in [1.54, 1.807) is 6.92 Å². The van der Waals surface area contributed by atoms with Gasteiger partial charge in [-0.25, -0.2) is 18.3 Å². The van der Waals surface area contributed by atoms with Crippen LogP contribution in [0.25, 0.3) is 0 Å². The van der Waals surface area contributed by atoms with Gasteiger partial charge in [-0.1, -0.05) is 0 Å². The summed E-state index contributed by atoms with van der Waals surface area (Å²) in [5, 5.41) is 6.73. The first-order valence-corrected chi connectivity index (χ1v) is 7.99. The number of hydrogen-bond donors (Lipinski definition) is 1. The molecular formula is C16H18F2N4O3. The van der Waals surface area contributed by atoms with Crippen LogP contribution in [0.2, 0.25) is 0 Å². The molecule has 0 saturated heterocycles. The van der Waals surface area contributed by atoms with Crippen LogP contribution in [0.5, 0.6) is 0 Å². The maximum absolute atomic E-state index is 13.6. The molecule has 134 valence electrons. The summed E-state index contributed by atoms with van der Waals surface area (Å²) in [6, 6.07) is 3.06. The van der Waals surface area contributed by atoms with Gasteiger partial charge >= 0.3 is 5.69 Å². The highest BCUT2D eigenvalue weighted by Crippen LogP contribution is 2.22. The summed E-state index contributed by atoms with van der Waals surface area (Å²) in [7, 11) is 0. The summed E-state index contributed by atoms with van der Waals surface area (Å²) in [4.78, 5) is 24.2. The van der Waals surface area contributed by atoms with Gasteiger partial charge in [-0.15, -0.1) is 0 Å². The van der Waals surface area contributed by atoms with Gasteiger partial charge in [0, 0.05) is 18.7 Å². The number of carbonyl (C=O) groups excluding carboxylic acids is 1. The number of fused-ring (bicyclic) bond motifs is 1. The fourth-order valence-corrected chi connectivity index (χ4v) is 2.74. The van der Waals surface area contributed by atoms with Crippen molar-refractivity contribution in [3.8, 4) is 0 Å². The number of carbonyl (C=O) groups is 1. The van der Waals surface area contributed by atoms with E-state index in [0.29, 0.717) is 25.5 Å². The second-order valence-corrected chi connectivity index (χ2v) is 5.68. The van der Waals surface area contributed by atoms with Crippen LogP contribution in [0, 0.1) is 11.6 Å². The lowest BCUT2D eigenvalue weighted by Crippen LogP contribution is -2.33. The third-order valence-electron chi connectivity index (χ3n) is 4.03. The molecule has 1 amide bonds. The first-order chi connectivity index (χ1) is 12.0. The van der Waals surface area contributed by atoms with E-state index >= 15 is 0 Å². The maximum atomic E-state index is 13.6. The van der Waals surface area contributed by atoms with Gasteiger partial charge in [0.25, 0.3) is 0 Å². The van der Waals surface area contributed by atoms with Crippen molar-refractivity contribution in [1.82, 2.24) is 19.7 Å². The zero-order valence-electron chi connectivity index (χ0n) is 13.7. The number of benzene rings is 1. The quantitative estimate of drug-likeness (QED) is 0.875. The Morgan fingerprint density at radius 3 is 3.00 bits per heavy atom. The van der Waals surface area contributed by atoms with Crippen LogP contribution in [-0.4, -0.2) is 26.9 Å². The lowest BCUT2D eigenvalue weighted by Gasteiger charge is -2.22. The molecule has 7 nitrogen and oxygen atoms in total. The topological polar surface area (TPSA) is 78.2 Å². The number of ether oxygens (including phenoxy) is 1. The SMILES string of the molecule is CCn1nc2n(c1=O)CCOC2CC(=O)NCc1cc(F)ccc1F. The van der Waals surface area contributed by atoms with E-state index in [9.17, 15) is 18.4 Å². The molecule has 1 N–H and O–H groups in total. The highest BCUT2D eigenvalue weighted by atomic mass is 19.1. The van der Waals surface area contributed by atoms with Crippen LogP contribution in [0.15, 0.2) is 23.0 Å². The molecule has 1 aromatic heterocycles. The Labute approximate surface area is 142 Å². The number of rotatable bonds is 5. The molecule has 0 fully saturated rings. The minimum absolute atomic E-state index is 0.0584. The van der Waals surface area contributed by atoms with Gasteiger partial charge in [-0.3, -0.25) is 9.36 Å². The summed E-state index contributed by atoms with van der Waals surface area (Å²) in [5.74, 6) is -1.16. The van der Waals surface area contributed by atoms with Crippen LogP contribution in [0.1, 0.15) is 30.8 Å². The molecule has 2 aromatic rings. The van der Waals surface area contributed by atoms with Crippen molar-refractivity contribution in [3.05, 3.63) is 51.7 Å². The highest BCUT2D eigenvalue weighted by Gasteiger charge is 2.28. The van der Waals surface area contributed by atoms with Crippen molar-refractivity contribution < 1.29 is 18.3 Å². The molecule has 9 heteroatoms. The molecule has 1 atom stereocenters. The molecule has 3 rings (SSSR count). The minimum atomic E-state index is -0.647. The lowest BCUT2D eigenvalue weighted by atomic mass is 10.1. The van der Waals surface area contributed by atoms with Crippen LogP contribution in [0.3, 0.4) is 0 Å². The Morgan fingerprint density at radius 2 is 2.24 bits per heavy atom. The summed E-state index contributed by atoms with van der Waals surface area (Å²) in [5.41, 5.74) is -0.168. The van der Waals surface area contributed by atoms with Crippen molar-refractivity contribution in [2.45, 2.75) is 39.1 Å². The van der Waals surface area contributed by atoms with E-state index in [2.05, 4.69) is 10.4 Å². The van der Waals surface area contributed by atoms with Crippen molar-refractivity contribution in [1.29, 1.82) is 0 Å². The highest BCUT2D eigenvalue weighted by molar-refractivity contribution is 5.76. The Bertz CT molecular complexity index is 846. The van der Waals surface area contributed by atoms with Crippen LogP contribution < -0.4 is 11.0 Å². The molecule has 1 aromatic carbocycles. The van der Waals surface area contributed by atoms with E-state index in [1.807, 2.05) is 0 Å². The molecule has 0 spiro atoms. The molecule has 0 radical (unpaired) electrons. The molecule has 0 saturated carbocycles. The zero-order chi connectivity index (χ0) is 18.0. The number of nitrogens with one attached hydrogen (secondary N) is 1. The number of amides is 1. The number of halogens is 2. The average Bonchev–Trinajstić information content (AvgIpc) is 2.93. The third kappa shape index (κ3) is 3.60. The van der Waals surface area contributed by atoms with Gasteiger partial charge in [0.15, 0.2) is 5.82 Å². The van der Waals surface area contributed by atoms with Crippen molar-refractivity contribution >= 4 is 5.91 Å². The van der Waals surface area contributed by atoms with E-state index in [-0.39, 0.29) is 24.2 Å². The molecule has 1 unspecified atom stereocenters. The van der Waals surface area contributed by atoms with Gasteiger partial charge < -0.3 is 10.1 Å². The number of aromatic nitrogens is 3.